The average Bonchev–Trinajstić information content (AvgIpc) is 4.02. The Hall–Kier alpha value is -7.15. The molecule has 0 fully saturated rings. The number of hydrogen-bond acceptors (Lipinski definition) is 6. The van der Waals surface area contributed by atoms with E-state index in [1.165, 1.54) is 0 Å². The van der Waals surface area contributed by atoms with Crippen molar-refractivity contribution in [3.8, 4) is 21.7 Å². The second-order valence-electron chi connectivity index (χ2n) is 13.9. The van der Waals surface area contributed by atoms with Gasteiger partial charge >= 0.3 is 0 Å². The fourth-order valence-corrected chi connectivity index (χ4v) is 9.17. The standard InChI is InChI=1S/C49H28N2O3S/c1-2-10-30(11-3-1)49-50-47-45(55-49)28-39-36-14-6-9-17-42(36)54-48(39)46(47)29-18-20-31(21-19-29)51(32-22-24-37-34-12-4-7-15-40(34)52-43(37)26-32)33-23-25-38-35-13-5-8-16-41(35)53-44(38)27-33/h1-28H. The van der Waals surface area contributed by atoms with Crippen LogP contribution in [-0.2, 0) is 0 Å². The fraction of sp³-hybridized carbons (Fsp3) is 0. The normalized spacial score (nSPS) is 12.0. The summed E-state index contributed by atoms with van der Waals surface area (Å²) in [6.07, 6.45) is 0. The van der Waals surface area contributed by atoms with Crippen molar-refractivity contribution in [2.45, 2.75) is 0 Å². The molecular formula is C49H28N2O3S. The van der Waals surface area contributed by atoms with Crippen LogP contribution in [0.5, 0.6) is 0 Å². The Labute approximate surface area is 317 Å². The number of rotatable bonds is 5. The van der Waals surface area contributed by atoms with Crippen LogP contribution in [0.15, 0.2) is 183 Å². The van der Waals surface area contributed by atoms with Crippen molar-refractivity contribution in [1.82, 2.24) is 4.98 Å². The molecular weight excluding hydrogens is 697 g/mol. The molecule has 12 rings (SSSR count). The summed E-state index contributed by atoms with van der Waals surface area (Å²) in [4.78, 5) is 7.51. The summed E-state index contributed by atoms with van der Waals surface area (Å²) in [7, 11) is 0. The first-order chi connectivity index (χ1) is 27.2. The molecule has 55 heavy (non-hydrogen) atoms. The van der Waals surface area contributed by atoms with E-state index >= 15 is 0 Å². The van der Waals surface area contributed by atoms with E-state index < -0.39 is 0 Å². The number of hydrogen-bond donors (Lipinski definition) is 0. The first kappa shape index (κ1) is 30.3. The fourth-order valence-electron chi connectivity index (χ4n) is 8.15. The quantitative estimate of drug-likeness (QED) is 0.177. The molecule has 0 aliphatic rings. The maximum Gasteiger partial charge on any atom is 0.145 e. The molecule has 5 nitrogen and oxygen atoms in total. The Bertz CT molecular complexity index is 3330. The van der Waals surface area contributed by atoms with E-state index in [1.54, 1.807) is 11.3 Å². The molecule has 0 amide bonds. The van der Waals surface area contributed by atoms with Crippen LogP contribution in [0.1, 0.15) is 0 Å². The van der Waals surface area contributed by atoms with Crippen LogP contribution in [0, 0.1) is 0 Å². The van der Waals surface area contributed by atoms with Gasteiger partial charge in [0.1, 0.15) is 38.5 Å². The van der Waals surface area contributed by atoms with E-state index in [-0.39, 0.29) is 0 Å². The van der Waals surface area contributed by atoms with Gasteiger partial charge < -0.3 is 18.2 Å². The highest BCUT2D eigenvalue weighted by Gasteiger charge is 2.22. The Balaban J connectivity index is 1.05. The van der Waals surface area contributed by atoms with Gasteiger partial charge in [-0.15, -0.1) is 11.3 Å². The highest BCUT2D eigenvalue weighted by molar-refractivity contribution is 7.21. The molecule has 0 spiro atoms. The van der Waals surface area contributed by atoms with Gasteiger partial charge in [0.2, 0.25) is 0 Å². The summed E-state index contributed by atoms with van der Waals surface area (Å²) in [5.41, 5.74) is 12.1. The number of aromatic nitrogens is 1. The largest absolute Gasteiger partial charge is 0.456 e. The van der Waals surface area contributed by atoms with Gasteiger partial charge in [-0.3, -0.25) is 0 Å². The molecule has 4 heterocycles. The number of nitrogens with zero attached hydrogens (tertiary/aromatic N) is 2. The lowest BCUT2D eigenvalue weighted by molar-refractivity contribution is 0.669. The molecule has 6 heteroatoms. The highest BCUT2D eigenvalue weighted by atomic mass is 32.1. The molecule has 4 aromatic heterocycles. The van der Waals surface area contributed by atoms with Gasteiger partial charge in [-0.1, -0.05) is 97.1 Å². The Morgan fingerprint density at radius 3 is 1.53 bits per heavy atom. The smallest absolute Gasteiger partial charge is 0.145 e. The van der Waals surface area contributed by atoms with Crippen LogP contribution in [0.25, 0.3) is 97.7 Å². The third kappa shape index (κ3) is 4.68. The van der Waals surface area contributed by atoms with Crippen molar-refractivity contribution in [2.24, 2.45) is 0 Å². The van der Waals surface area contributed by atoms with Gasteiger partial charge in [-0.05, 0) is 66.2 Å². The third-order valence-corrected chi connectivity index (χ3v) is 11.8. The first-order valence-corrected chi connectivity index (χ1v) is 19.1. The third-order valence-electron chi connectivity index (χ3n) is 10.7. The maximum absolute atomic E-state index is 6.64. The topological polar surface area (TPSA) is 55.6 Å². The van der Waals surface area contributed by atoms with Gasteiger partial charge in [0.15, 0.2) is 0 Å². The SMILES string of the molecule is c1ccc(-c2nc3c(-c4ccc(N(c5ccc6c(c5)oc5ccccc56)c5ccc6c(c5)oc5ccccc56)cc4)c4oc5ccccc5c4cc3s2)cc1. The van der Waals surface area contributed by atoms with E-state index in [0.29, 0.717) is 0 Å². The predicted octanol–water partition coefficient (Wildman–Crippen LogP) is 14.8. The van der Waals surface area contributed by atoms with Crippen LogP contribution in [0.2, 0.25) is 0 Å². The van der Waals surface area contributed by atoms with Crippen molar-refractivity contribution in [3.05, 3.63) is 170 Å². The number of thiazole rings is 1. The Morgan fingerprint density at radius 1 is 0.400 bits per heavy atom. The summed E-state index contributed by atoms with van der Waals surface area (Å²) >= 11 is 1.71. The van der Waals surface area contributed by atoms with E-state index in [4.69, 9.17) is 18.2 Å². The minimum absolute atomic E-state index is 0.835. The zero-order chi connectivity index (χ0) is 36.0. The van der Waals surface area contributed by atoms with Crippen LogP contribution in [0.3, 0.4) is 0 Å². The van der Waals surface area contributed by atoms with Gasteiger partial charge in [0.05, 0.1) is 15.8 Å². The van der Waals surface area contributed by atoms with E-state index in [0.717, 1.165) is 115 Å². The Kier molecular flexibility index (Phi) is 6.44. The minimum atomic E-state index is 0.835. The predicted molar refractivity (Wildman–Crippen MR) is 227 cm³/mol. The molecule has 0 unspecified atom stereocenters. The lowest BCUT2D eigenvalue weighted by atomic mass is 10.00. The lowest BCUT2D eigenvalue weighted by Crippen LogP contribution is -2.09. The average molecular weight is 725 g/mol. The van der Waals surface area contributed by atoms with Gasteiger partial charge in [0.25, 0.3) is 0 Å². The molecule has 0 saturated heterocycles. The van der Waals surface area contributed by atoms with Crippen LogP contribution in [0.4, 0.5) is 17.1 Å². The van der Waals surface area contributed by atoms with Crippen molar-refractivity contribution >= 4 is 104 Å². The number of benzene rings is 8. The monoisotopic (exact) mass is 724 g/mol. The molecule has 0 radical (unpaired) electrons. The first-order valence-electron chi connectivity index (χ1n) is 18.3. The molecule has 0 N–H and O–H groups in total. The summed E-state index contributed by atoms with van der Waals surface area (Å²) in [5.74, 6) is 0. The zero-order valence-electron chi connectivity index (χ0n) is 29.2. The van der Waals surface area contributed by atoms with Crippen LogP contribution in [-0.4, -0.2) is 4.98 Å². The summed E-state index contributed by atoms with van der Waals surface area (Å²) in [6.45, 7) is 0. The number of fused-ring (bicyclic) bond motifs is 10. The second kappa shape index (κ2) is 11.7. The number of para-hydroxylation sites is 3. The van der Waals surface area contributed by atoms with Crippen molar-refractivity contribution < 1.29 is 13.3 Å². The summed E-state index contributed by atoms with van der Waals surface area (Å²) < 4.78 is 20.5. The zero-order valence-corrected chi connectivity index (χ0v) is 30.0. The summed E-state index contributed by atoms with van der Waals surface area (Å²) in [5, 5.41) is 7.55. The minimum Gasteiger partial charge on any atom is -0.456 e. The van der Waals surface area contributed by atoms with E-state index in [9.17, 15) is 0 Å². The molecule has 12 aromatic rings. The molecule has 0 atom stereocenters. The molecule has 0 saturated carbocycles. The molecule has 8 aromatic carbocycles. The van der Waals surface area contributed by atoms with Gasteiger partial charge in [-0.2, -0.15) is 0 Å². The van der Waals surface area contributed by atoms with Crippen molar-refractivity contribution in [3.63, 3.8) is 0 Å². The molecule has 258 valence electrons. The molecule has 0 aliphatic heterocycles. The lowest BCUT2D eigenvalue weighted by Gasteiger charge is -2.25. The second-order valence-corrected chi connectivity index (χ2v) is 14.9. The van der Waals surface area contributed by atoms with Gasteiger partial charge in [-0.25, -0.2) is 4.98 Å². The summed E-state index contributed by atoms with van der Waals surface area (Å²) in [6, 6.07) is 58.9. The van der Waals surface area contributed by atoms with E-state index in [1.807, 2.05) is 42.5 Å². The molecule has 0 bridgehead atoms. The number of anilines is 3. The molecule has 0 aliphatic carbocycles. The Morgan fingerprint density at radius 2 is 0.909 bits per heavy atom. The highest BCUT2D eigenvalue weighted by Crippen LogP contribution is 2.46. The van der Waals surface area contributed by atoms with Crippen molar-refractivity contribution in [2.75, 3.05) is 4.90 Å². The number of furan rings is 3. The van der Waals surface area contributed by atoms with Crippen LogP contribution >= 0.6 is 11.3 Å². The van der Waals surface area contributed by atoms with Crippen LogP contribution < -0.4 is 4.90 Å². The maximum atomic E-state index is 6.64. The van der Waals surface area contributed by atoms with Gasteiger partial charge in [0, 0.05) is 67.1 Å². The van der Waals surface area contributed by atoms with Crippen molar-refractivity contribution in [1.29, 1.82) is 0 Å². The van der Waals surface area contributed by atoms with E-state index in [2.05, 4.69) is 132 Å².